The summed E-state index contributed by atoms with van der Waals surface area (Å²) in [5.74, 6) is 2.80. The average Bonchev–Trinajstić information content (AvgIpc) is 2.70. The second-order valence-corrected chi connectivity index (χ2v) is 4.72. The topological polar surface area (TPSA) is 20.3 Å². The molecule has 1 saturated heterocycles. The summed E-state index contributed by atoms with van der Waals surface area (Å²) < 4.78 is 0. The van der Waals surface area contributed by atoms with Crippen molar-refractivity contribution < 1.29 is 4.79 Å². The number of likely N-dealkylation sites (tertiary alicyclic amines) is 1. The summed E-state index contributed by atoms with van der Waals surface area (Å²) in [6.07, 6.45) is 5.82. The van der Waals surface area contributed by atoms with Gasteiger partial charge in [0.05, 0.1) is 6.04 Å². The Morgan fingerprint density at radius 3 is 2.82 bits per heavy atom. The maximum absolute atomic E-state index is 11.9. The first-order valence-electron chi connectivity index (χ1n) is 5.63. The molecule has 1 fully saturated rings. The zero-order valence-corrected chi connectivity index (χ0v) is 10.4. The van der Waals surface area contributed by atoms with Crippen LogP contribution in [0.1, 0.15) is 24.9 Å². The number of hydrogen-bond donors (Lipinski definition) is 0. The molecular formula is C14H14ClNO. The Kier molecular flexibility index (Phi) is 3.40. The minimum atomic E-state index is -0.0189. The molecule has 1 aliphatic rings. The van der Waals surface area contributed by atoms with E-state index in [0.717, 1.165) is 5.56 Å². The van der Waals surface area contributed by atoms with Gasteiger partial charge < -0.3 is 4.90 Å². The van der Waals surface area contributed by atoms with Crippen LogP contribution >= 0.6 is 11.6 Å². The van der Waals surface area contributed by atoms with Gasteiger partial charge in [0, 0.05) is 23.9 Å². The van der Waals surface area contributed by atoms with Crippen molar-refractivity contribution in [3.05, 3.63) is 34.9 Å². The van der Waals surface area contributed by atoms with E-state index in [2.05, 4.69) is 5.92 Å². The Morgan fingerprint density at radius 2 is 2.24 bits per heavy atom. The second kappa shape index (κ2) is 4.81. The van der Waals surface area contributed by atoms with E-state index >= 15 is 0 Å². The van der Waals surface area contributed by atoms with Crippen LogP contribution in [0, 0.1) is 18.3 Å². The van der Waals surface area contributed by atoms with Crippen molar-refractivity contribution in [2.24, 2.45) is 5.92 Å². The van der Waals surface area contributed by atoms with E-state index in [1.807, 2.05) is 36.1 Å². The zero-order valence-electron chi connectivity index (χ0n) is 9.69. The maximum Gasteiger partial charge on any atom is 0.224 e. The zero-order chi connectivity index (χ0) is 12.4. The van der Waals surface area contributed by atoms with Gasteiger partial charge in [0.1, 0.15) is 0 Å². The van der Waals surface area contributed by atoms with E-state index in [1.165, 1.54) is 0 Å². The molecular weight excluding hydrogens is 234 g/mol. The quantitative estimate of drug-likeness (QED) is 0.736. The molecule has 1 aromatic rings. The first-order valence-corrected chi connectivity index (χ1v) is 6.01. The normalized spacial score (nSPS) is 21.4. The molecule has 0 N–H and O–H groups in total. The van der Waals surface area contributed by atoms with Crippen LogP contribution in [0.25, 0.3) is 0 Å². The predicted molar refractivity (Wildman–Crippen MR) is 68.5 cm³/mol. The summed E-state index contributed by atoms with van der Waals surface area (Å²) >= 11 is 6.14. The molecule has 2 atom stereocenters. The SMILES string of the molecule is C#CC1CC(=O)N(C(C)c2ccccc2Cl)C1. The standard InChI is InChI=1S/C14H14ClNO/c1-3-11-8-14(17)16(9-11)10(2)12-6-4-5-7-13(12)15/h1,4-7,10-11H,8-9H2,2H3. The van der Waals surface area contributed by atoms with Crippen molar-refractivity contribution >= 4 is 17.5 Å². The Labute approximate surface area is 107 Å². The highest BCUT2D eigenvalue weighted by Gasteiger charge is 2.32. The third-order valence-corrected chi connectivity index (χ3v) is 3.56. The van der Waals surface area contributed by atoms with E-state index in [0.29, 0.717) is 18.0 Å². The van der Waals surface area contributed by atoms with Crippen molar-refractivity contribution in [1.29, 1.82) is 0 Å². The first-order chi connectivity index (χ1) is 8.13. The number of carbonyl (C=O) groups is 1. The highest BCUT2D eigenvalue weighted by molar-refractivity contribution is 6.31. The number of nitrogens with zero attached hydrogens (tertiary/aromatic N) is 1. The van der Waals surface area contributed by atoms with E-state index in [1.54, 1.807) is 0 Å². The average molecular weight is 248 g/mol. The molecule has 1 amide bonds. The van der Waals surface area contributed by atoms with Gasteiger partial charge in [0.15, 0.2) is 0 Å². The Hall–Kier alpha value is -1.46. The maximum atomic E-state index is 11.9. The van der Waals surface area contributed by atoms with E-state index in [9.17, 15) is 4.79 Å². The van der Waals surface area contributed by atoms with Gasteiger partial charge in [-0.15, -0.1) is 12.3 Å². The molecule has 0 aromatic heterocycles. The van der Waals surface area contributed by atoms with Crippen molar-refractivity contribution in [2.45, 2.75) is 19.4 Å². The molecule has 17 heavy (non-hydrogen) atoms. The van der Waals surface area contributed by atoms with E-state index in [-0.39, 0.29) is 17.9 Å². The number of amides is 1. The van der Waals surface area contributed by atoms with Crippen LogP contribution in [0.2, 0.25) is 5.02 Å². The molecule has 1 aliphatic heterocycles. The number of terminal acetylenes is 1. The first kappa shape index (κ1) is 12.0. The summed E-state index contributed by atoms with van der Waals surface area (Å²) in [5.41, 5.74) is 0.972. The number of benzene rings is 1. The molecule has 0 spiro atoms. The fourth-order valence-corrected chi connectivity index (χ4v) is 2.49. The number of hydrogen-bond acceptors (Lipinski definition) is 1. The second-order valence-electron chi connectivity index (χ2n) is 4.31. The van der Waals surface area contributed by atoms with Gasteiger partial charge in [0.25, 0.3) is 0 Å². The van der Waals surface area contributed by atoms with Crippen molar-refractivity contribution in [2.75, 3.05) is 6.54 Å². The Balaban J connectivity index is 2.22. The monoisotopic (exact) mass is 247 g/mol. The lowest BCUT2D eigenvalue weighted by Gasteiger charge is -2.25. The van der Waals surface area contributed by atoms with E-state index in [4.69, 9.17) is 18.0 Å². The van der Waals surface area contributed by atoms with Gasteiger partial charge in [-0.3, -0.25) is 4.79 Å². The van der Waals surface area contributed by atoms with Crippen LogP contribution in [0.15, 0.2) is 24.3 Å². The summed E-state index contributed by atoms with van der Waals surface area (Å²) in [6, 6.07) is 7.58. The molecule has 88 valence electrons. The van der Waals surface area contributed by atoms with Crippen LogP contribution in [0.5, 0.6) is 0 Å². The minimum absolute atomic E-state index is 0.0189. The fraction of sp³-hybridized carbons (Fsp3) is 0.357. The lowest BCUT2D eigenvalue weighted by Crippen LogP contribution is -2.28. The molecule has 0 aliphatic carbocycles. The molecule has 3 heteroatoms. The smallest absolute Gasteiger partial charge is 0.224 e. The molecule has 2 rings (SSSR count). The van der Waals surface area contributed by atoms with Crippen LogP contribution in [-0.2, 0) is 4.79 Å². The van der Waals surface area contributed by atoms with Crippen LogP contribution in [0.4, 0.5) is 0 Å². The van der Waals surface area contributed by atoms with Gasteiger partial charge in [-0.1, -0.05) is 29.8 Å². The van der Waals surface area contributed by atoms with Gasteiger partial charge in [0.2, 0.25) is 5.91 Å². The predicted octanol–water partition coefficient (Wildman–Crippen LogP) is 2.88. The van der Waals surface area contributed by atoms with Gasteiger partial charge in [-0.25, -0.2) is 0 Å². The van der Waals surface area contributed by atoms with E-state index < -0.39 is 0 Å². The molecule has 0 bridgehead atoms. The number of halogens is 1. The fourth-order valence-electron chi connectivity index (χ4n) is 2.20. The summed E-state index contributed by atoms with van der Waals surface area (Å²) in [6.45, 7) is 2.61. The van der Waals surface area contributed by atoms with Crippen molar-refractivity contribution in [3.63, 3.8) is 0 Å². The van der Waals surface area contributed by atoms with Gasteiger partial charge >= 0.3 is 0 Å². The Bertz CT molecular complexity index is 477. The summed E-state index contributed by atoms with van der Waals surface area (Å²) in [7, 11) is 0. The summed E-state index contributed by atoms with van der Waals surface area (Å²) in [4.78, 5) is 13.7. The molecule has 2 nitrogen and oxygen atoms in total. The largest absolute Gasteiger partial charge is 0.335 e. The lowest BCUT2D eigenvalue weighted by molar-refractivity contribution is -0.129. The number of rotatable bonds is 2. The van der Waals surface area contributed by atoms with Crippen LogP contribution in [0.3, 0.4) is 0 Å². The third-order valence-electron chi connectivity index (χ3n) is 3.22. The molecule has 1 aromatic carbocycles. The highest BCUT2D eigenvalue weighted by atomic mass is 35.5. The van der Waals surface area contributed by atoms with Crippen LogP contribution < -0.4 is 0 Å². The third kappa shape index (κ3) is 2.30. The minimum Gasteiger partial charge on any atom is -0.335 e. The highest BCUT2D eigenvalue weighted by Crippen LogP contribution is 2.31. The molecule has 1 heterocycles. The molecule has 0 radical (unpaired) electrons. The van der Waals surface area contributed by atoms with Gasteiger partial charge in [-0.2, -0.15) is 0 Å². The van der Waals surface area contributed by atoms with Crippen molar-refractivity contribution in [1.82, 2.24) is 4.90 Å². The van der Waals surface area contributed by atoms with Gasteiger partial charge in [-0.05, 0) is 18.6 Å². The van der Waals surface area contributed by atoms with Crippen LogP contribution in [-0.4, -0.2) is 17.4 Å². The number of carbonyl (C=O) groups excluding carboxylic acids is 1. The summed E-state index contributed by atoms with van der Waals surface area (Å²) in [5, 5.41) is 0.692. The molecule has 0 saturated carbocycles. The lowest BCUT2D eigenvalue weighted by atomic mass is 10.1. The molecule has 2 unspecified atom stereocenters. The Morgan fingerprint density at radius 1 is 1.53 bits per heavy atom. The van der Waals surface area contributed by atoms with Crippen molar-refractivity contribution in [3.8, 4) is 12.3 Å².